The molecule has 0 aliphatic rings. The quantitative estimate of drug-likeness (QED) is 0.0324. The van der Waals surface area contributed by atoms with Crippen LogP contribution in [-0.4, -0.2) is 47.4 Å². The zero-order chi connectivity index (χ0) is 41.5. The number of hydrogen-bond acceptors (Lipinski definition) is 5. The Balaban J connectivity index is 3.43. The van der Waals surface area contributed by atoms with Crippen LogP contribution in [0.25, 0.3) is 0 Å². The first kappa shape index (κ1) is 55.3. The number of hydrogen-bond donors (Lipinski definition) is 3. The number of esters is 1. The number of rotatable bonds is 46. The summed E-state index contributed by atoms with van der Waals surface area (Å²) in [6, 6.07) is -0.631. The van der Waals surface area contributed by atoms with Crippen LogP contribution < -0.4 is 5.32 Å². The lowest BCUT2D eigenvalue weighted by Gasteiger charge is -2.20. The number of allylic oxidation sites excluding steroid dienone is 3. The fourth-order valence-electron chi connectivity index (χ4n) is 7.57. The number of carbonyl (C=O) groups is 2. The fourth-order valence-corrected chi connectivity index (χ4v) is 7.57. The molecule has 0 rings (SSSR count). The van der Waals surface area contributed by atoms with Crippen molar-refractivity contribution >= 4 is 11.9 Å². The summed E-state index contributed by atoms with van der Waals surface area (Å²) in [5.41, 5.74) is 0. The number of ether oxygens (including phenoxy) is 1. The Bertz CT molecular complexity index is 889. The molecular formula is C51H97NO5. The Hall–Kier alpha value is -1.66. The zero-order valence-corrected chi connectivity index (χ0v) is 38.1. The largest absolute Gasteiger partial charge is 0.466 e. The first-order valence-corrected chi connectivity index (χ1v) is 25.1. The smallest absolute Gasteiger partial charge is 0.305 e. The fraction of sp³-hybridized carbons (Fsp3) is 0.882. The molecule has 0 aliphatic carbocycles. The number of nitrogens with one attached hydrogen (secondary N) is 1. The van der Waals surface area contributed by atoms with Gasteiger partial charge in [0.2, 0.25) is 5.91 Å². The monoisotopic (exact) mass is 804 g/mol. The van der Waals surface area contributed by atoms with E-state index >= 15 is 0 Å². The molecule has 0 aromatic rings. The summed E-state index contributed by atoms with van der Waals surface area (Å²) in [6.45, 7) is 4.85. The molecule has 0 aromatic heterocycles. The maximum atomic E-state index is 12.4. The van der Waals surface area contributed by atoms with Crippen molar-refractivity contribution in [1.29, 1.82) is 0 Å². The molecule has 3 N–H and O–H groups in total. The molecule has 2 unspecified atom stereocenters. The Morgan fingerprint density at radius 2 is 0.825 bits per heavy atom. The van der Waals surface area contributed by atoms with Crippen molar-refractivity contribution in [2.45, 2.75) is 276 Å². The molecule has 6 nitrogen and oxygen atoms in total. The van der Waals surface area contributed by atoms with Gasteiger partial charge < -0.3 is 20.3 Å². The summed E-state index contributed by atoms with van der Waals surface area (Å²) in [5.74, 6) is -0.0753. The predicted molar refractivity (Wildman–Crippen MR) is 246 cm³/mol. The third-order valence-corrected chi connectivity index (χ3v) is 11.5. The van der Waals surface area contributed by atoms with Crippen LogP contribution in [0.4, 0.5) is 0 Å². The average molecular weight is 804 g/mol. The summed E-state index contributed by atoms with van der Waals surface area (Å²) in [5, 5.41) is 22.9. The van der Waals surface area contributed by atoms with Crippen molar-refractivity contribution in [2.24, 2.45) is 0 Å². The topological polar surface area (TPSA) is 95.9 Å². The van der Waals surface area contributed by atoms with Crippen LogP contribution in [-0.2, 0) is 14.3 Å². The van der Waals surface area contributed by atoms with Gasteiger partial charge in [0.15, 0.2) is 0 Å². The molecule has 0 radical (unpaired) electrons. The molecule has 0 fully saturated rings. The molecule has 0 spiro atoms. The minimum Gasteiger partial charge on any atom is -0.466 e. The maximum absolute atomic E-state index is 12.4. The second-order valence-corrected chi connectivity index (χ2v) is 17.1. The lowest BCUT2D eigenvalue weighted by atomic mass is 10.1. The molecule has 6 heteroatoms. The highest BCUT2D eigenvalue weighted by Crippen LogP contribution is 2.15. The van der Waals surface area contributed by atoms with Crippen LogP contribution in [0.2, 0.25) is 0 Å². The SMILES string of the molecule is CCCCCCCCC/C=C/C(O)C(CO)NC(=O)CCCCCCCCC/C=C\CCCCCCCCCCCOC(=O)CCCCCCCCCCCCC. The summed E-state index contributed by atoms with van der Waals surface area (Å²) >= 11 is 0. The highest BCUT2D eigenvalue weighted by atomic mass is 16.5. The third kappa shape index (κ3) is 43.7. The molecule has 0 saturated heterocycles. The van der Waals surface area contributed by atoms with Crippen LogP contribution in [0.1, 0.15) is 264 Å². The van der Waals surface area contributed by atoms with Crippen molar-refractivity contribution < 1.29 is 24.5 Å². The van der Waals surface area contributed by atoms with Crippen molar-refractivity contribution in [3.05, 3.63) is 24.3 Å². The molecule has 0 saturated carbocycles. The number of aliphatic hydroxyl groups is 2. The van der Waals surface area contributed by atoms with Gasteiger partial charge in [-0.1, -0.05) is 218 Å². The molecule has 0 aliphatic heterocycles. The third-order valence-electron chi connectivity index (χ3n) is 11.5. The van der Waals surface area contributed by atoms with Gasteiger partial charge in [0, 0.05) is 12.8 Å². The lowest BCUT2D eigenvalue weighted by molar-refractivity contribution is -0.143. The second kappa shape index (κ2) is 47.0. The molecule has 0 bridgehead atoms. The second-order valence-electron chi connectivity index (χ2n) is 17.1. The minimum absolute atomic E-state index is 0.00451. The van der Waals surface area contributed by atoms with E-state index in [-0.39, 0.29) is 18.5 Å². The van der Waals surface area contributed by atoms with Gasteiger partial charge in [0.1, 0.15) is 0 Å². The van der Waals surface area contributed by atoms with Gasteiger partial charge in [-0.05, 0) is 57.8 Å². The van der Waals surface area contributed by atoms with E-state index in [2.05, 4.69) is 31.3 Å². The van der Waals surface area contributed by atoms with Crippen molar-refractivity contribution in [2.75, 3.05) is 13.2 Å². The molecule has 0 aromatic carbocycles. The van der Waals surface area contributed by atoms with E-state index in [1.807, 2.05) is 6.08 Å². The van der Waals surface area contributed by atoms with E-state index < -0.39 is 12.1 Å². The summed E-state index contributed by atoms with van der Waals surface area (Å²) in [4.78, 5) is 24.3. The number of amides is 1. The number of carbonyl (C=O) groups excluding carboxylic acids is 2. The van der Waals surface area contributed by atoms with Crippen molar-refractivity contribution in [3.63, 3.8) is 0 Å². The van der Waals surface area contributed by atoms with E-state index in [9.17, 15) is 19.8 Å². The van der Waals surface area contributed by atoms with Gasteiger partial charge >= 0.3 is 5.97 Å². The Labute approximate surface area is 354 Å². The minimum atomic E-state index is -0.846. The maximum Gasteiger partial charge on any atom is 0.305 e. The molecule has 1 amide bonds. The summed E-state index contributed by atoms with van der Waals surface area (Å²) < 4.78 is 5.45. The van der Waals surface area contributed by atoms with E-state index in [1.54, 1.807) is 6.08 Å². The lowest BCUT2D eigenvalue weighted by Crippen LogP contribution is -2.45. The normalized spacial score (nSPS) is 12.8. The van der Waals surface area contributed by atoms with Crippen LogP contribution in [0.5, 0.6) is 0 Å². The van der Waals surface area contributed by atoms with Gasteiger partial charge in [-0.25, -0.2) is 0 Å². The van der Waals surface area contributed by atoms with Crippen molar-refractivity contribution in [3.8, 4) is 0 Å². The molecule has 336 valence electrons. The van der Waals surface area contributed by atoms with E-state index in [0.29, 0.717) is 19.4 Å². The first-order valence-electron chi connectivity index (χ1n) is 25.1. The standard InChI is InChI=1S/C51H97NO5/c1-3-5-7-9-11-13-24-29-33-37-41-45-51(56)57-46-42-38-34-30-26-23-21-19-17-15-14-16-18-20-22-25-28-32-36-40-44-50(55)52-48(47-53)49(54)43-39-35-31-27-12-10-8-6-4-2/h14,16,39,43,48-49,53-54H,3-13,15,17-38,40-42,44-47H2,1-2H3,(H,52,55)/b16-14-,43-39+. The highest BCUT2D eigenvalue weighted by molar-refractivity contribution is 5.76. The molecule has 0 heterocycles. The Kier molecular flexibility index (Phi) is 45.7. The van der Waals surface area contributed by atoms with Crippen LogP contribution in [0, 0.1) is 0 Å². The van der Waals surface area contributed by atoms with Gasteiger partial charge in [-0.15, -0.1) is 0 Å². The van der Waals surface area contributed by atoms with Crippen LogP contribution in [0.3, 0.4) is 0 Å². The molecule has 57 heavy (non-hydrogen) atoms. The highest BCUT2D eigenvalue weighted by Gasteiger charge is 2.18. The first-order chi connectivity index (χ1) is 28.0. The van der Waals surface area contributed by atoms with Gasteiger partial charge in [0.05, 0.1) is 25.4 Å². The average Bonchev–Trinajstić information content (AvgIpc) is 3.21. The zero-order valence-electron chi connectivity index (χ0n) is 38.1. The van der Waals surface area contributed by atoms with Gasteiger partial charge in [-0.2, -0.15) is 0 Å². The van der Waals surface area contributed by atoms with E-state index in [4.69, 9.17) is 4.74 Å². The summed E-state index contributed by atoms with van der Waals surface area (Å²) in [7, 11) is 0. The Morgan fingerprint density at radius 3 is 1.25 bits per heavy atom. The van der Waals surface area contributed by atoms with Crippen molar-refractivity contribution in [1.82, 2.24) is 5.32 Å². The van der Waals surface area contributed by atoms with Gasteiger partial charge in [0.25, 0.3) is 0 Å². The van der Waals surface area contributed by atoms with Crippen LogP contribution >= 0.6 is 0 Å². The number of unbranched alkanes of at least 4 members (excludes halogenated alkanes) is 33. The molecular weight excluding hydrogens is 707 g/mol. The Morgan fingerprint density at radius 1 is 0.474 bits per heavy atom. The molecule has 2 atom stereocenters. The van der Waals surface area contributed by atoms with Crippen LogP contribution in [0.15, 0.2) is 24.3 Å². The predicted octanol–water partition coefficient (Wildman–Crippen LogP) is 14.7. The van der Waals surface area contributed by atoms with Gasteiger partial charge in [-0.3, -0.25) is 9.59 Å². The number of aliphatic hydroxyl groups excluding tert-OH is 2. The van der Waals surface area contributed by atoms with E-state index in [1.165, 1.54) is 186 Å². The van der Waals surface area contributed by atoms with E-state index in [0.717, 1.165) is 51.4 Å². The summed E-state index contributed by atoms with van der Waals surface area (Å²) in [6.07, 6.45) is 54.7.